The summed E-state index contributed by atoms with van der Waals surface area (Å²) in [5, 5.41) is 15.7. The molecule has 2 aromatic carbocycles. The second-order valence-electron chi connectivity index (χ2n) is 5.12. The number of hydrazone groups is 1. The number of nitrogens with one attached hydrogen (secondary N) is 2. The Kier molecular flexibility index (Phi) is 6.11. The molecule has 2 aromatic rings. The van der Waals surface area contributed by atoms with Gasteiger partial charge in [-0.3, -0.25) is 9.59 Å². The van der Waals surface area contributed by atoms with Crippen molar-refractivity contribution in [3.05, 3.63) is 53.6 Å². The highest BCUT2D eigenvalue weighted by Gasteiger charge is 2.13. The van der Waals surface area contributed by atoms with Crippen molar-refractivity contribution < 1.29 is 19.4 Å². The zero-order chi connectivity index (χ0) is 18.2. The zero-order valence-corrected chi connectivity index (χ0v) is 13.9. The highest BCUT2D eigenvalue weighted by Crippen LogP contribution is 2.23. The van der Waals surface area contributed by atoms with Gasteiger partial charge in [-0.1, -0.05) is 0 Å². The van der Waals surface area contributed by atoms with Gasteiger partial charge in [0.05, 0.1) is 18.4 Å². The van der Waals surface area contributed by atoms with E-state index in [4.69, 9.17) is 4.74 Å². The van der Waals surface area contributed by atoms with Gasteiger partial charge in [0.25, 0.3) is 5.91 Å². The van der Waals surface area contributed by atoms with Gasteiger partial charge in [-0.25, -0.2) is 5.43 Å². The van der Waals surface area contributed by atoms with Gasteiger partial charge in [0.1, 0.15) is 11.5 Å². The summed E-state index contributed by atoms with van der Waals surface area (Å²) in [6, 6.07) is 11.1. The van der Waals surface area contributed by atoms with Crippen molar-refractivity contribution in [2.75, 3.05) is 11.9 Å². The molecule has 0 aromatic heterocycles. The second-order valence-corrected chi connectivity index (χ2v) is 5.12. The van der Waals surface area contributed by atoms with Crippen LogP contribution < -0.4 is 15.5 Å². The topological polar surface area (TPSA) is 100 Å². The van der Waals surface area contributed by atoms with Gasteiger partial charge in [0.15, 0.2) is 0 Å². The Morgan fingerprint density at radius 2 is 1.92 bits per heavy atom. The molecule has 0 aliphatic heterocycles. The number of nitrogens with zero attached hydrogens (tertiary/aromatic N) is 1. The van der Waals surface area contributed by atoms with Crippen molar-refractivity contribution in [3.63, 3.8) is 0 Å². The number of rotatable bonds is 6. The molecule has 0 atom stereocenters. The maximum atomic E-state index is 12.3. The minimum atomic E-state index is -0.437. The van der Waals surface area contributed by atoms with Gasteiger partial charge >= 0.3 is 0 Å². The summed E-state index contributed by atoms with van der Waals surface area (Å²) in [6.45, 7) is 3.58. The molecule has 0 fully saturated rings. The molecule has 0 aliphatic carbocycles. The Morgan fingerprint density at radius 3 is 2.56 bits per heavy atom. The van der Waals surface area contributed by atoms with E-state index in [0.717, 1.165) is 5.56 Å². The maximum Gasteiger partial charge on any atom is 0.275 e. The zero-order valence-electron chi connectivity index (χ0n) is 13.9. The lowest BCUT2D eigenvalue weighted by atomic mass is 10.1. The van der Waals surface area contributed by atoms with E-state index >= 15 is 0 Å². The van der Waals surface area contributed by atoms with Gasteiger partial charge in [-0.15, -0.1) is 0 Å². The Bertz CT molecular complexity index is 785. The number of amides is 2. The number of phenolic OH excluding ortho intramolecular Hbond substituents is 1. The number of benzene rings is 2. The van der Waals surface area contributed by atoms with E-state index in [0.29, 0.717) is 23.6 Å². The van der Waals surface area contributed by atoms with E-state index < -0.39 is 5.91 Å². The van der Waals surface area contributed by atoms with Crippen molar-refractivity contribution >= 4 is 23.7 Å². The average molecular weight is 341 g/mol. The summed E-state index contributed by atoms with van der Waals surface area (Å²) in [5.74, 6) is -0.140. The molecule has 0 spiro atoms. The maximum absolute atomic E-state index is 12.3. The summed E-state index contributed by atoms with van der Waals surface area (Å²) in [4.78, 5) is 23.4. The van der Waals surface area contributed by atoms with Crippen LogP contribution in [0.15, 0.2) is 47.6 Å². The van der Waals surface area contributed by atoms with Crippen LogP contribution in [0.5, 0.6) is 11.5 Å². The highest BCUT2D eigenvalue weighted by atomic mass is 16.5. The predicted octanol–water partition coefficient (Wildman–Crippen LogP) is 2.51. The first-order chi connectivity index (χ1) is 12.0. The van der Waals surface area contributed by atoms with Gasteiger partial charge < -0.3 is 15.2 Å². The van der Waals surface area contributed by atoms with Crippen LogP contribution in [-0.2, 0) is 4.79 Å². The molecule has 0 saturated carbocycles. The number of hydrogen-bond acceptors (Lipinski definition) is 5. The van der Waals surface area contributed by atoms with Crippen molar-refractivity contribution in [2.45, 2.75) is 13.8 Å². The molecule has 7 nitrogen and oxygen atoms in total. The SMILES string of the molecule is CCOc1cc(NC(C)=O)ccc1C(=O)N/N=C/c1ccc(O)cc1. The smallest absolute Gasteiger partial charge is 0.275 e. The highest BCUT2D eigenvalue weighted by molar-refractivity contribution is 5.98. The Labute approximate surface area is 145 Å². The Hall–Kier alpha value is -3.35. The van der Waals surface area contributed by atoms with Crippen LogP contribution in [0.2, 0.25) is 0 Å². The van der Waals surface area contributed by atoms with E-state index in [1.54, 1.807) is 37.3 Å². The first-order valence-electron chi connectivity index (χ1n) is 7.66. The van der Waals surface area contributed by atoms with Crippen LogP contribution >= 0.6 is 0 Å². The lowest BCUT2D eigenvalue weighted by Gasteiger charge is -2.11. The number of phenols is 1. The molecule has 0 radical (unpaired) electrons. The molecule has 0 saturated heterocycles. The van der Waals surface area contributed by atoms with Gasteiger partial charge in [0.2, 0.25) is 5.91 Å². The molecular weight excluding hydrogens is 322 g/mol. The molecule has 2 rings (SSSR count). The molecule has 25 heavy (non-hydrogen) atoms. The second kappa shape index (κ2) is 8.49. The predicted molar refractivity (Wildman–Crippen MR) is 95.1 cm³/mol. The molecule has 7 heteroatoms. The van der Waals surface area contributed by atoms with Crippen LogP contribution in [0.4, 0.5) is 5.69 Å². The van der Waals surface area contributed by atoms with Gasteiger partial charge in [-0.2, -0.15) is 5.10 Å². The third-order valence-corrected chi connectivity index (χ3v) is 3.12. The molecule has 3 N–H and O–H groups in total. The Morgan fingerprint density at radius 1 is 1.20 bits per heavy atom. The van der Waals surface area contributed by atoms with Gasteiger partial charge in [-0.05, 0) is 48.9 Å². The fourth-order valence-electron chi connectivity index (χ4n) is 2.05. The summed E-state index contributed by atoms with van der Waals surface area (Å²) in [6.07, 6.45) is 1.46. The number of carbonyl (C=O) groups excluding carboxylic acids is 2. The minimum absolute atomic E-state index is 0.154. The minimum Gasteiger partial charge on any atom is -0.508 e. The molecule has 0 bridgehead atoms. The summed E-state index contributed by atoms with van der Waals surface area (Å²) >= 11 is 0. The normalized spacial score (nSPS) is 10.5. The lowest BCUT2D eigenvalue weighted by molar-refractivity contribution is -0.114. The molecule has 0 aliphatic rings. The number of anilines is 1. The summed E-state index contributed by atoms with van der Waals surface area (Å²) < 4.78 is 5.47. The average Bonchev–Trinajstić information content (AvgIpc) is 2.56. The van der Waals surface area contributed by atoms with Crippen LogP contribution in [0, 0.1) is 0 Å². The largest absolute Gasteiger partial charge is 0.508 e. The van der Waals surface area contributed by atoms with E-state index in [1.165, 1.54) is 25.3 Å². The first kappa shape index (κ1) is 18.0. The van der Waals surface area contributed by atoms with E-state index in [2.05, 4.69) is 15.8 Å². The number of aromatic hydroxyl groups is 1. The van der Waals surface area contributed by atoms with E-state index in [1.807, 2.05) is 0 Å². The van der Waals surface area contributed by atoms with Crippen LogP contribution in [0.1, 0.15) is 29.8 Å². The molecule has 0 unspecified atom stereocenters. The van der Waals surface area contributed by atoms with E-state index in [9.17, 15) is 14.7 Å². The fraction of sp³-hybridized carbons (Fsp3) is 0.167. The summed E-state index contributed by atoms with van der Waals surface area (Å²) in [5.41, 5.74) is 3.99. The molecule has 2 amide bonds. The van der Waals surface area contributed by atoms with Crippen molar-refractivity contribution in [1.29, 1.82) is 0 Å². The third-order valence-electron chi connectivity index (χ3n) is 3.12. The standard InChI is InChI=1S/C18H19N3O4/c1-3-25-17-10-14(20-12(2)22)6-9-16(17)18(24)21-19-11-13-4-7-15(23)8-5-13/h4-11,23H,3H2,1-2H3,(H,20,22)(H,21,24)/b19-11+. The lowest BCUT2D eigenvalue weighted by Crippen LogP contribution is -2.19. The number of hydrogen-bond donors (Lipinski definition) is 3. The number of carbonyl (C=O) groups is 2. The molecule has 0 heterocycles. The van der Waals surface area contributed by atoms with Crippen molar-refractivity contribution in [2.24, 2.45) is 5.10 Å². The molecule has 130 valence electrons. The fourth-order valence-corrected chi connectivity index (χ4v) is 2.05. The van der Waals surface area contributed by atoms with Crippen molar-refractivity contribution in [1.82, 2.24) is 5.43 Å². The number of ether oxygens (including phenoxy) is 1. The molecular formula is C18H19N3O4. The quantitative estimate of drug-likeness (QED) is 0.555. The van der Waals surface area contributed by atoms with Crippen LogP contribution in [0.25, 0.3) is 0 Å². The first-order valence-corrected chi connectivity index (χ1v) is 7.66. The monoisotopic (exact) mass is 341 g/mol. The summed E-state index contributed by atoms with van der Waals surface area (Å²) in [7, 11) is 0. The van der Waals surface area contributed by atoms with Gasteiger partial charge in [0, 0.05) is 18.7 Å². The third kappa shape index (κ3) is 5.35. The van der Waals surface area contributed by atoms with Crippen LogP contribution in [-0.4, -0.2) is 29.7 Å². The van der Waals surface area contributed by atoms with Crippen molar-refractivity contribution in [3.8, 4) is 11.5 Å². The Balaban J connectivity index is 2.11. The van der Waals surface area contributed by atoms with Crippen LogP contribution in [0.3, 0.4) is 0 Å². The van der Waals surface area contributed by atoms with E-state index in [-0.39, 0.29) is 11.7 Å².